The number of unbranched alkanes of at least 4 members (excludes halogenated alkanes) is 2. The molecule has 0 aliphatic carbocycles. The highest BCUT2D eigenvalue weighted by molar-refractivity contribution is 5.58. The molecule has 0 amide bonds. The van der Waals surface area contributed by atoms with Crippen LogP contribution in [0.1, 0.15) is 31.9 Å². The second-order valence-electron chi connectivity index (χ2n) is 4.79. The largest absolute Gasteiger partial charge is 0.494 e. The van der Waals surface area contributed by atoms with Gasteiger partial charge >= 0.3 is 0 Å². The average molecular weight is 274 g/mol. The first-order chi connectivity index (χ1) is 9.83. The lowest BCUT2D eigenvalue weighted by atomic mass is 10.1. The Kier molecular flexibility index (Phi) is 5.62. The molecule has 0 saturated carbocycles. The van der Waals surface area contributed by atoms with Gasteiger partial charge in [-0.3, -0.25) is 0 Å². The lowest BCUT2D eigenvalue weighted by molar-refractivity contribution is 0.306. The molecule has 4 heteroatoms. The number of benzene rings is 1. The standard InChI is InChI=1S/C16H22N2O2/c1-3-4-5-10-19-15-8-6-13(7-9-15)16-11-14(12-17-2)18-20-16/h6-9,11,17H,3-5,10,12H2,1-2H3. The molecule has 0 fully saturated rings. The highest BCUT2D eigenvalue weighted by atomic mass is 16.5. The minimum absolute atomic E-state index is 0.710. The van der Waals surface area contributed by atoms with E-state index in [0.717, 1.165) is 35.8 Å². The summed E-state index contributed by atoms with van der Waals surface area (Å²) in [5.41, 5.74) is 1.92. The highest BCUT2D eigenvalue weighted by Gasteiger charge is 2.06. The third-order valence-electron chi connectivity index (χ3n) is 3.07. The number of aromatic nitrogens is 1. The molecule has 0 radical (unpaired) electrons. The van der Waals surface area contributed by atoms with Gasteiger partial charge in [-0.15, -0.1) is 0 Å². The number of rotatable bonds is 8. The minimum Gasteiger partial charge on any atom is -0.494 e. The van der Waals surface area contributed by atoms with Crippen molar-refractivity contribution in [3.8, 4) is 17.1 Å². The van der Waals surface area contributed by atoms with Gasteiger partial charge in [-0.1, -0.05) is 24.9 Å². The fourth-order valence-electron chi connectivity index (χ4n) is 1.97. The zero-order valence-electron chi connectivity index (χ0n) is 12.2. The van der Waals surface area contributed by atoms with Gasteiger partial charge in [0.05, 0.1) is 12.3 Å². The highest BCUT2D eigenvalue weighted by Crippen LogP contribution is 2.23. The Labute approximate surface area is 120 Å². The van der Waals surface area contributed by atoms with Crippen LogP contribution in [-0.4, -0.2) is 18.8 Å². The van der Waals surface area contributed by atoms with Gasteiger partial charge in [-0.05, 0) is 37.7 Å². The summed E-state index contributed by atoms with van der Waals surface area (Å²) in [7, 11) is 1.89. The normalized spacial score (nSPS) is 10.7. The summed E-state index contributed by atoms with van der Waals surface area (Å²) >= 11 is 0. The summed E-state index contributed by atoms with van der Waals surface area (Å²) in [6.45, 7) is 3.68. The number of ether oxygens (including phenoxy) is 1. The van der Waals surface area contributed by atoms with Gasteiger partial charge in [0.25, 0.3) is 0 Å². The second-order valence-corrected chi connectivity index (χ2v) is 4.79. The zero-order chi connectivity index (χ0) is 14.2. The third-order valence-corrected chi connectivity index (χ3v) is 3.07. The van der Waals surface area contributed by atoms with Gasteiger partial charge in [-0.2, -0.15) is 0 Å². The fraction of sp³-hybridized carbons (Fsp3) is 0.438. The van der Waals surface area contributed by atoms with E-state index in [4.69, 9.17) is 9.26 Å². The second kappa shape index (κ2) is 7.70. The van der Waals surface area contributed by atoms with Crippen LogP contribution in [0.25, 0.3) is 11.3 Å². The van der Waals surface area contributed by atoms with Crippen LogP contribution >= 0.6 is 0 Å². The Hall–Kier alpha value is -1.81. The van der Waals surface area contributed by atoms with E-state index in [1.807, 2.05) is 37.4 Å². The van der Waals surface area contributed by atoms with Gasteiger partial charge in [0.15, 0.2) is 5.76 Å². The molecule has 20 heavy (non-hydrogen) atoms. The zero-order valence-corrected chi connectivity index (χ0v) is 12.2. The summed E-state index contributed by atoms with van der Waals surface area (Å²) < 4.78 is 11.0. The molecule has 1 heterocycles. The van der Waals surface area contributed by atoms with Crippen LogP contribution in [0.2, 0.25) is 0 Å². The molecule has 1 aromatic heterocycles. The average Bonchev–Trinajstić information content (AvgIpc) is 2.93. The quantitative estimate of drug-likeness (QED) is 0.747. The lowest BCUT2D eigenvalue weighted by Gasteiger charge is -2.05. The van der Waals surface area contributed by atoms with Crippen LogP contribution < -0.4 is 10.1 Å². The van der Waals surface area contributed by atoms with E-state index in [1.54, 1.807) is 0 Å². The molecule has 0 aliphatic heterocycles. The lowest BCUT2D eigenvalue weighted by Crippen LogP contribution is -2.04. The Morgan fingerprint density at radius 2 is 2.00 bits per heavy atom. The van der Waals surface area contributed by atoms with Gasteiger partial charge in [0, 0.05) is 18.2 Å². The van der Waals surface area contributed by atoms with Gasteiger partial charge in [-0.25, -0.2) is 0 Å². The summed E-state index contributed by atoms with van der Waals surface area (Å²) in [5.74, 6) is 1.69. The molecule has 0 saturated heterocycles. The summed E-state index contributed by atoms with van der Waals surface area (Å²) in [5, 5.41) is 7.05. The Bertz CT molecular complexity index is 505. The van der Waals surface area contributed by atoms with E-state index in [9.17, 15) is 0 Å². The summed E-state index contributed by atoms with van der Waals surface area (Å²) in [4.78, 5) is 0. The Morgan fingerprint density at radius 1 is 1.20 bits per heavy atom. The van der Waals surface area contributed by atoms with Crippen molar-refractivity contribution in [3.63, 3.8) is 0 Å². The van der Waals surface area contributed by atoms with Crippen molar-refractivity contribution in [1.82, 2.24) is 10.5 Å². The smallest absolute Gasteiger partial charge is 0.167 e. The molecule has 0 unspecified atom stereocenters. The van der Waals surface area contributed by atoms with Crippen LogP contribution in [0.5, 0.6) is 5.75 Å². The van der Waals surface area contributed by atoms with Crippen LogP contribution in [0.3, 0.4) is 0 Å². The van der Waals surface area contributed by atoms with Crippen molar-refractivity contribution in [1.29, 1.82) is 0 Å². The van der Waals surface area contributed by atoms with E-state index in [0.29, 0.717) is 6.54 Å². The SMILES string of the molecule is CCCCCOc1ccc(-c2cc(CNC)no2)cc1. The van der Waals surface area contributed by atoms with Crippen LogP contribution in [0.15, 0.2) is 34.9 Å². The molecule has 2 rings (SSSR count). The predicted octanol–water partition coefficient (Wildman–Crippen LogP) is 3.63. The van der Waals surface area contributed by atoms with Crippen LogP contribution in [0.4, 0.5) is 0 Å². The third kappa shape index (κ3) is 4.10. The van der Waals surface area contributed by atoms with E-state index >= 15 is 0 Å². The Morgan fingerprint density at radius 3 is 2.70 bits per heavy atom. The molecule has 0 bridgehead atoms. The predicted molar refractivity (Wildman–Crippen MR) is 79.7 cm³/mol. The van der Waals surface area contributed by atoms with Gasteiger partial charge < -0.3 is 14.6 Å². The molecular weight excluding hydrogens is 252 g/mol. The topological polar surface area (TPSA) is 47.3 Å². The maximum atomic E-state index is 5.69. The van der Waals surface area contributed by atoms with Crippen molar-refractivity contribution in [2.45, 2.75) is 32.7 Å². The molecule has 1 N–H and O–H groups in total. The summed E-state index contributed by atoms with van der Waals surface area (Å²) in [6, 6.07) is 9.90. The van der Waals surface area contributed by atoms with Crippen molar-refractivity contribution in [2.75, 3.05) is 13.7 Å². The Balaban J connectivity index is 1.93. The van der Waals surface area contributed by atoms with Crippen molar-refractivity contribution in [3.05, 3.63) is 36.0 Å². The summed E-state index contributed by atoms with van der Waals surface area (Å²) in [6.07, 6.45) is 3.53. The fourth-order valence-corrected chi connectivity index (χ4v) is 1.97. The number of nitrogens with one attached hydrogen (secondary N) is 1. The van der Waals surface area contributed by atoms with Crippen molar-refractivity contribution < 1.29 is 9.26 Å². The number of hydrogen-bond donors (Lipinski definition) is 1. The molecular formula is C16H22N2O2. The first-order valence-corrected chi connectivity index (χ1v) is 7.17. The molecule has 108 valence electrons. The number of nitrogens with zero attached hydrogens (tertiary/aromatic N) is 1. The van der Waals surface area contributed by atoms with Crippen LogP contribution in [0, 0.1) is 0 Å². The van der Waals surface area contributed by atoms with E-state index in [-0.39, 0.29) is 0 Å². The molecule has 1 aromatic carbocycles. The maximum absolute atomic E-state index is 5.69. The molecule has 0 atom stereocenters. The number of hydrogen-bond acceptors (Lipinski definition) is 4. The van der Waals surface area contributed by atoms with Crippen molar-refractivity contribution in [2.24, 2.45) is 0 Å². The first kappa shape index (κ1) is 14.6. The van der Waals surface area contributed by atoms with Crippen molar-refractivity contribution >= 4 is 0 Å². The van der Waals surface area contributed by atoms with E-state index in [1.165, 1.54) is 12.8 Å². The molecule has 0 spiro atoms. The minimum atomic E-state index is 0.710. The maximum Gasteiger partial charge on any atom is 0.167 e. The van der Waals surface area contributed by atoms with Gasteiger partial charge in [0.1, 0.15) is 5.75 Å². The monoisotopic (exact) mass is 274 g/mol. The van der Waals surface area contributed by atoms with Crippen LogP contribution in [-0.2, 0) is 6.54 Å². The van der Waals surface area contributed by atoms with E-state index < -0.39 is 0 Å². The van der Waals surface area contributed by atoms with E-state index in [2.05, 4.69) is 17.4 Å². The first-order valence-electron chi connectivity index (χ1n) is 7.17. The molecule has 2 aromatic rings. The van der Waals surface area contributed by atoms with Gasteiger partial charge in [0.2, 0.25) is 0 Å². The molecule has 4 nitrogen and oxygen atoms in total. The molecule has 0 aliphatic rings.